The largest absolute Gasteiger partial charge is 0.495 e. The fourth-order valence-electron chi connectivity index (χ4n) is 3.19. The molecule has 2 aromatic carbocycles. The van der Waals surface area contributed by atoms with Gasteiger partial charge in [-0.3, -0.25) is 9.69 Å². The van der Waals surface area contributed by atoms with E-state index in [2.05, 4.69) is 21.2 Å². The molecule has 0 aromatic heterocycles. The second kappa shape index (κ2) is 9.37. The molecule has 8 heteroatoms. The van der Waals surface area contributed by atoms with Crippen LogP contribution in [0.5, 0.6) is 11.5 Å². The third-order valence-corrected chi connectivity index (χ3v) is 5.19. The summed E-state index contributed by atoms with van der Waals surface area (Å²) < 4.78 is 10.5. The summed E-state index contributed by atoms with van der Waals surface area (Å²) in [6.07, 6.45) is 0. The predicted molar refractivity (Wildman–Crippen MR) is 113 cm³/mol. The van der Waals surface area contributed by atoms with Crippen LogP contribution in [0.15, 0.2) is 36.4 Å². The van der Waals surface area contributed by atoms with Crippen LogP contribution in [-0.2, 0) is 4.79 Å². The van der Waals surface area contributed by atoms with Gasteiger partial charge in [-0.25, -0.2) is 0 Å². The molecule has 1 heterocycles. The molecule has 1 fully saturated rings. The molecule has 1 N–H and O–H groups in total. The van der Waals surface area contributed by atoms with E-state index >= 15 is 0 Å². The molecule has 0 bridgehead atoms. The Morgan fingerprint density at radius 1 is 1.04 bits per heavy atom. The minimum atomic E-state index is -0.112. The Hall–Kier alpha value is -2.15. The smallest absolute Gasteiger partial charge is 0.238 e. The zero-order chi connectivity index (χ0) is 20.1. The summed E-state index contributed by atoms with van der Waals surface area (Å²) in [7, 11) is 3.06. The van der Waals surface area contributed by atoms with E-state index in [0.29, 0.717) is 28.8 Å². The Kier molecular flexibility index (Phi) is 6.88. The number of piperazine rings is 1. The fraction of sp³-hybridized carbons (Fsp3) is 0.350. The number of anilines is 2. The van der Waals surface area contributed by atoms with Gasteiger partial charge in [0.15, 0.2) is 0 Å². The van der Waals surface area contributed by atoms with E-state index in [1.54, 1.807) is 12.1 Å². The maximum atomic E-state index is 12.5. The number of nitrogens with zero attached hydrogens (tertiary/aromatic N) is 2. The van der Waals surface area contributed by atoms with Crippen LogP contribution in [0.25, 0.3) is 0 Å². The number of carbonyl (C=O) groups excluding carboxylic acids is 1. The number of halogens is 2. The van der Waals surface area contributed by atoms with E-state index in [0.717, 1.165) is 36.9 Å². The SMILES string of the molecule is COc1cc(NC(=O)CN2CCN(c3cccc(Cl)c3)CC2)c(OC)cc1Cl. The molecule has 1 aliphatic rings. The van der Waals surface area contributed by atoms with Crippen LogP contribution < -0.4 is 19.7 Å². The number of nitrogens with one attached hydrogen (secondary N) is 1. The first-order chi connectivity index (χ1) is 13.5. The van der Waals surface area contributed by atoms with E-state index in [9.17, 15) is 4.79 Å². The van der Waals surface area contributed by atoms with Gasteiger partial charge in [-0.15, -0.1) is 0 Å². The van der Waals surface area contributed by atoms with Crippen molar-refractivity contribution in [3.8, 4) is 11.5 Å². The maximum Gasteiger partial charge on any atom is 0.238 e. The molecule has 1 saturated heterocycles. The van der Waals surface area contributed by atoms with Crippen molar-refractivity contribution in [2.24, 2.45) is 0 Å². The molecule has 0 saturated carbocycles. The Morgan fingerprint density at radius 2 is 1.75 bits per heavy atom. The number of methoxy groups -OCH3 is 2. The minimum absolute atomic E-state index is 0.112. The van der Waals surface area contributed by atoms with Crippen LogP contribution in [0.3, 0.4) is 0 Å². The summed E-state index contributed by atoms with van der Waals surface area (Å²) in [5, 5.41) is 4.04. The predicted octanol–water partition coefficient (Wildman–Crippen LogP) is 3.77. The summed E-state index contributed by atoms with van der Waals surface area (Å²) in [6.45, 7) is 3.57. The lowest BCUT2D eigenvalue weighted by atomic mass is 10.2. The topological polar surface area (TPSA) is 54.0 Å². The normalized spacial score (nSPS) is 14.6. The summed E-state index contributed by atoms with van der Waals surface area (Å²) in [5.41, 5.74) is 1.64. The molecular formula is C20H23Cl2N3O3. The molecule has 1 amide bonds. The lowest BCUT2D eigenvalue weighted by Crippen LogP contribution is -2.48. The van der Waals surface area contributed by atoms with Gasteiger partial charge in [0.1, 0.15) is 11.5 Å². The molecule has 2 aromatic rings. The first-order valence-electron chi connectivity index (χ1n) is 8.94. The van der Waals surface area contributed by atoms with Crippen molar-refractivity contribution in [2.45, 2.75) is 0 Å². The summed E-state index contributed by atoms with van der Waals surface area (Å²) in [5.74, 6) is 0.858. The zero-order valence-corrected chi connectivity index (χ0v) is 17.4. The molecule has 150 valence electrons. The highest BCUT2D eigenvalue weighted by molar-refractivity contribution is 6.32. The Morgan fingerprint density at radius 3 is 2.39 bits per heavy atom. The van der Waals surface area contributed by atoms with E-state index in [1.165, 1.54) is 14.2 Å². The monoisotopic (exact) mass is 423 g/mol. The summed E-state index contributed by atoms with van der Waals surface area (Å²) in [6, 6.07) is 11.1. The molecule has 3 rings (SSSR count). The summed E-state index contributed by atoms with van der Waals surface area (Å²) in [4.78, 5) is 16.9. The van der Waals surface area contributed by atoms with Crippen molar-refractivity contribution in [1.29, 1.82) is 0 Å². The summed E-state index contributed by atoms with van der Waals surface area (Å²) >= 11 is 12.2. The van der Waals surface area contributed by atoms with Gasteiger partial charge in [0.2, 0.25) is 5.91 Å². The van der Waals surface area contributed by atoms with E-state index in [4.69, 9.17) is 32.7 Å². The van der Waals surface area contributed by atoms with Gasteiger partial charge in [-0.05, 0) is 18.2 Å². The molecule has 0 atom stereocenters. The number of hydrogen-bond acceptors (Lipinski definition) is 5. The Labute approximate surface area is 174 Å². The standard InChI is InChI=1S/C20H23Cl2N3O3/c1-27-18-12-17(19(28-2)11-16(18)22)23-20(26)13-24-6-8-25(9-7-24)15-5-3-4-14(21)10-15/h3-5,10-12H,6-9,13H2,1-2H3,(H,23,26). The number of amides is 1. The number of ether oxygens (including phenoxy) is 2. The average molecular weight is 424 g/mol. The minimum Gasteiger partial charge on any atom is -0.495 e. The van der Waals surface area contributed by atoms with Gasteiger partial charge in [-0.2, -0.15) is 0 Å². The van der Waals surface area contributed by atoms with Crippen molar-refractivity contribution in [3.05, 3.63) is 46.4 Å². The molecule has 6 nitrogen and oxygen atoms in total. The van der Waals surface area contributed by atoms with Crippen LogP contribution in [0.4, 0.5) is 11.4 Å². The van der Waals surface area contributed by atoms with Crippen LogP contribution in [-0.4, -0.2) is 57.8 Å². The highest BCUT2D eigenvalue weighted by atomic mass is 35.5. The van der Waals surface area contributed by atoms with Gasteiger partial charge in [0, 0.05) is 49.0 Å². The quantitative estimate of drug-likeness (QED) is 0.765. The molecular weight excluding hydrogens is 401 g/mol. The number of benzene rings is 2. The molecule has 0 unspecified atom stereocenters. The van der Waals surface area contributed by atoms with Gasteiger partial charge in [-0.1, -0.05) is 29.3 Å². The van der Waals surface area contributed by atoms with Crippen molar-refractivity contribution < 1.29 is 14.3 Å². The van der Waals surface area contributed by atoms with Crippen LogP contribution in [0, 0.1) is 0 Å². The van der Waals surface area contributed by atoms with E-state index < -0.39 is 0 Å². The van der Waals surface area contributed by atoms with E-state index in [1.807, 2.05) is 18.2 Å². The second-order valence-corrected chi connectivity index (χ2v) is 7.32. The van der Waals surface area contributed by atoms with Crippen molar-refractivity contribution in [2.75, 3.05) is 57.2 Å². The van der Waals surface area contributed by atoms with Gasteiger partial charge in [0.25, 0.3) is 0 Å². The number of hydrogen-bond donors (Lipinski definition) is 1. The third kappa shape index (κ3) is 5.01. The van der Waals surface area contributed by atoms with Crippen LogP contribution >= 0.6 is 23.2 Å². The lowest BCUT2D eigenvalue weighted by Gasteiger charge is -2.35. The first-order valence-corrected chi connectivity index (χ1v) is 9.70. The highest BCUT2D eigenvalue weighted by Gasteiger charge is 2.20. The van der Waals surface area contributed by atoms with Gasteiger partial charge in [0.05, 0.1) is 31.5 Å². The Balaban J connectivity index is 1.56. The fourth-order valence-corrected chi connectivity index (χ4v) is 3.60. The Bertz CT molecular complexity index is 839. The number of rotatable bonds is 6. The van der Waals surface area contributed by atoms with Crippen molar-refractivity contribution in [1.82, 2.24) is 4.90 Å². The molecule has 0 spiro atoms. The third-order valence-electron chi connectivity index (χ3n) is 4.66. The van der Waals surface area contributed by atoms with Crippen LogP contribution in [0.1, 0.15) is 0 Å². The molecule has 0 aliphatic carbocycles. The average Bonchev–Trinajstić information content (AvgIpc) is 2.69. The molecule has 1 aliphatic heterocycles. The van der Waals surface area contributed by atoms with Crippen molar-refractivity contribution >= 4 is 40.5 Å². The van der Waals surface area contributed by atoms with Crippen molar-refractivity contribution in [3.63, 3.8) is 0 Å². The van der Waals surface area contributed by atoms with Crippen LogP contribution in [0.2, 0.25) is 10.0 Å². The highest BCUT2D eigenvalue weighted by Crippen LogP contribution is 2.35. The maximum absolute atomic E-state index is 12.5. The zero-order valence-electron chi connectivity index (χ0n) is 15.9. The molecule has 28 heavy (non-hydrogen) atoms. The second-order valence-electron chi connectivity index (χ2n) is 6.48. The van der Waals surface area contributed by atoms with Gasteiger partial charge >= 0.3 is 0 Å². The lowest BCUT2D eigenvalue weighted by molar-refractivity contribution is -0.117. The first kappa shape index (κ1) is 20.6. The number of carbonyl (C=O) groups is 1. The molecule has 0 radical (unpaired) electrons. The van der Waals surface area contributed by atoms with E-state index in [-0.39, 0.29) is 5.91 Å². The van der Waals surface area contributed by atoms with Gasteiger partial charge < -0.3 is 19.7 Å².